The van der Waals surface area contributed by atoms with Gasteiger partial charge in [0, 0.05) is 25.3 Å². The molecule has 196 valence electrons. The van der Waals surface area contributed by atoms with Gasteiger partial charge in [-0.15, -0.1) is 0 Å². The summed E-state index contributed by atoms with van der Waals surface area (Å²) in [4.78, 5) is 15.1. The fraction of sp³-hybridized carbons (Fsp3) is 0.296. The van der Waals surface area contributed by atoms with Crippen molar-refractivity contribution in [2.24, 2.45) is 0 Å². The van der Waals surface area contributed by atoms with Crippen LogP contribution in [-0.4, -0.2) is 53.8 Å². The van der Waals surface area contributed by atoms with Gasteiger partial charge < -0.3 is 19.7 Å². The van der Waals surface area contributed by atoms with Crippen LogP contribution in [0.2, 0.25) is 0 Å². The second-order valence-electron chi connectivity index (χ2n) is 8.44. The number of hydrogen-bond acceptors (Lipinski definition) is 6. The fourth-order valence-electron chi connectivity index (χ4n) is 3.96. The first-order valence-corrected chi connectivity index (χ1v) is 13.5. The largest absolute Gasteiger partial charge is 0.494 e. The Morgan fingerprint density at radius 3 is 2.27 bits per heavy atom. The van der Waals surface area contributed by atoms with E-state index in [4.69, 9.17) is 9.47 Å². The number of amides is 1. The number of carbonyl (C=O) groups excluding carboxylic acids is 1. The first kappa shape index (κ1) is 26.4. The minimum atomic E-state index is -4.12. The Hall–Kier alpha value is -3.63. The molecule has 10 heteroatoms. The molecule has 0 radical (unpaired) electrons. The van der Waals surface area contributed by atoms with Crippen molar-refractivity contribution < 1.29 is 27.1 Å². The molecule has 0 bridgehead atoms. The first-order chi connectivity index (χ1) is 17.9. The smallest absolute Gasteiger partial charge is 0.264 e. The Labute approximate surface area is 216 Å². The molecule has 0 unspecified atom stereocenters. The summed E-state index contributed by atoms with van der Waals surface area (Å²) in [5, 5.41) is 2.79. The zero-order valence-corrected chi connectivity index (χ0v) is 21.4. The molecular weight excluding hydrogens is 497 g/mol. The number of ether oxygens (including phenoxy) is 2. The molecule has 37 heavy (non-hydrogen) atoms. The molecule has 1 N–H and O–H groups in total. The van der Waals surface area contributed by atoms with E-state index in [1.54, 1.807) is 12.1 Å². The monoisotopic (exact) mass is 527 g/mol. The van der Waals surface area contributed by atoms with E-state index in [2.05, 4.69) is 10.2 Å². The highest BCUT2D eigenvalue weighted by molar-refractivity contribution is 7.92. The summed E-state index contributed by atoms with van der Waals surface area (Å²) in [6, 6.07) is 18.8. The molecule has 3 aromatic rings. The van der Waals surface area contributed by atoms with Crippen molar-refractivity contribution in [2.75, 3.05) is 48.7 Å². The molecule has 0 aromatic heterocycles. The topological polar surface area (TPSA) is 88.2 Å². The molecule has 0 atom stereocenters. The van der Waals surface area contributed by atoms with Gasteiger partial charge in [-0.1, -0.05) is 12.1 Å². The van der Waals surface area contributed by atoms with Crippen molar-refractivity contribution in [3.05, 3.63) is 84.2 Å². The highest BCUT2D eigenvalue weighted by atomic mass is 32.2. The zero-order chi connectivity index (χ0) is 26.3. The molecule has 1 amide bonds. The molecule has 4 rings (SSSR count). The standard InChI is InChI=1S/C27H30FN3O5S/c1-2-36-25-11-13-26(14-12-25)37(33,34)31(24-9-5-22(28)6-10-24)20-27(32)29-19-21-3-7-23(8-4-21)30-15-17-35-18-16-30/h3-14H,2,15-20H2,1H3,(H,29,32). The van der Waals surface area contributed by atoms with Crippen molar-refractivity contribution in [1.29, 1.82) is 0 Å². The third-order valence-corrected chi connectivity index (χ3v) is 7.71. The Balaban J connectivity index is 1.46. The van der Waals surface area contributed by atoms with Gasteiger partial charge in [0.25, 0.3) is 10.0 Å². The summed E-state index contributed by atoms with van der Waals surface area (Å²) in [6.07, 6.45) is 0. The number of sulfonamides is 1. The van der Waals surface area contributed by atoms with Gasteiger partial charge in [0.1, 0.15) is 18.1 Å². The molecular formula is C27H30FN3O5S. The van der Waals surface area contributed by atoms with Crippen molar-refractivity contribution >= 4 is 27.3 Å². The third kappa shape index (κ3) is 6.78. The highest BCUT2D eigenvalue weighted by Gasteiger charge is 2.27. The van der Waals surface area contributed by atoms with E-state index in [1.165, 1.54) is 24.3 Å². The van der Waals surface area contributed by atoms with E-state index in [1.807, 2.05) is 31.2 Å². The number of rotatable bonds is 10. The van der Waals surface area contributed by atoms with Gasteiger partial charge in [0.15, 0.2) is 0 Å². The molecule has 1 aliphatic rings. The summed E-state index contributed by atoms with van der Waals surface area (Å²) in [7, 11) is -4.12. The minimum absolute atomic E-state index is 0.00761. The Bertz CT molecular complexity index is 1280. The summed E-state index contributed by atoms with van der Waals surface area (Å²) in [5.74, 6) is -0.463. The van der Waals surface area contributed by atoms with Gasteiger partial charge in [-0.3, -0.25) is 9.10 Å². The average molecular weight is 528 g/mol. The first-order valence-electron chi connectivity index (χ1n) is 12.1. The lowest BCUT2D eigenvalue weighted by Gasteiger charge is -2.29. The number of hydrogen-bond donors (Lipinski definition) is 1. The van der Waals surface area contributed by atoms with Gasteiger partial charge in [-0.2, -0.15) is 0 Å². The van der Waals surface area contributed by atoms with Crippen molar-refractivity contribution in [1.82, 2.24) is 5.32 Å². The fourth-order valence-corrected chi connectivity index (χ4v) is 5.38. The van der Waals surface area contributed by atoms with Gasteiger partial charge in [0.05, 0.1) is 30.4 Å². The highest BCUT2D eigenvalue weighted by Crippen LogP contribution is 2.25. The lowest BCUT2D eigenvalue weighted by atomic mass is 10.2. The quantitative estimate of drug-likeness (QED) is 0.434. The van der Waals surface area contributed by atoms with Crippen LogP contribution in [0.25, 0.3) is 0 Å². The number of nitrogens with one attached hydrogen (secondary N) is 1. The normalized spacial score (nSPS) is 13.7. The minimum Gasteiger partial charge on any atom is -0.494 e. The van der Waals surface area contributed by atoms with Crippen LogP contribution < -0.4 is 19.3 Å². The van der Waals surface area contributed by atoms with Crippen molar-refractivity contribution in [3.63, 3.8) is 0 Å². The maximum atomic E-state index is 13.5. The van der Waals surface area contributed by atoms with Crippen LogP contribution in [0.1, 0.15) is 12.5 Å². The Kier molecular flexibility index (Phi) is 8.62. The summed E-state index contributed by atoms with van der Waals surface area (Å²) in [6.45, 7) is 5.11. The van der Waals surface area contributed by atoms with E-state index in [0.29, 0.717) is 25.6 Å². The van der Waals surface area contributed by atoms with Crippen LogP contribution in [0.15, 0.2) is 77.7 Å². The van der Waals surface area contributed by atoms with Crippen LogP contribution in [0, 0.1) is 5.82 Å². The molecule has 1 heterocycles. The number of carbonyl (C=O) groups is 1. The van der Waals surface area contributed by atoms with Gasteiger partial charge in [-0.25, -0.2) is 12.8 Å². The lowest BCUT2D eigenvalue weighted by molar-refractivity contribution is -0.119. The van der Waals surface area contributed by atoms with E-state index >= 15 is 0 Å². The van der Waals surface area contributed by atoms with Gasteiger partial charge in [0.2, 0.25) is 5.91 Å². The SMILES string of the molecule is CCOc1ccc(S(=O)(=O)N(CC(=O)NCc2ccc(N3CCOCC3)cc2)c2ccc(F)cc2)cc1. The molecule has 8 nitrogen and oxygen atoms in total. The molecule has 0 spiro atoms. The number of benzene rings is 3. The molecule has 1 fully saturated rings. The van der Waals surface area contributed by atoms with Crippen LogP contribution in [-0.2, 0) is 26.1 Å². The molecule has 3 aromatic carbocycles. The summed E-state index contributed by atoms with van der Waals surface area (Å²) < 4.78 is 52.2. The van der Waals surface area contributed by atoms with Crippen LogP contribution >= 0.6 is 0 Å². The Morgan fingerprint density at radius 2 is 1.65 bits per heavy atom. The van der Waals surface area contributed by atoms with E-state index in [-0.39, 0.29) is 17.1 Å². The van der Waals surface area contributed by atoms with E-state index < -0.39 is 28.3 Å². The van der Waals surface area contributed by atoms with E-state index in [9.17, 15) is 17.6 Å². The van der Waals surface area contributed by atoms with Gasteiger partial charge >= 0.3 is 0 Å². The number of nitrogens with zero attached hydrogens (tertiary/aromatic N) is 2. The lowest BCUT2D eigenvalue weighted by Crippen LogP contribution is -2.40. The van der Waals surface area contributed by atoms with Crippen molar-refractivity contribution in [2.45, 2.75) is 18.4 Å². The predicted octanol–water partition coefficient (Wildman–Crippen LogP) is 3.57. The average Bonchev–Trinajstić information content (AvgIpc) is 2.92. The number of halogens is 1. The second-order valence-corrected chi connectivity index (χ2v) is 10.3. The number of morpholine rings is 1. The third-order valence-electron chi connectivity index (χ3n) is 5.93. The maximum absolute atomic E-state index is 13.5. The predicted molar refractivity (Wildman–Crippen MR) is 140 cm³/mol. The van der Waals surface area contributed by atoms with Crippen LogP contribution in [0.3, 0.4) is 0 Å². The van der Waals surface area contributed by atoms with Crippen LogP contribution in [0.5, 0.6) is 5.75 Å². The van der Waals surface area contributed by atoms with Crippen molar-refractivity contribution in [3.8, 4) is 5.75 Å². The van der Waals surface area contributed by atoms with Gasteiger partial charge in [-0.05, 0) is 73.2 Å². The second kappa shape index (κ2) is 12.1. The van der Waals surface area contributed by atoms with Crippen LogP contribution in [0.4, 0.5) is 15.8 Å². The molecule has 1 saturated heterocycles. The summed E-state index contributed by atoms with van der Waals surface area (Å²) in [5.41, 5.74) is 2.15. The molecule has 0 saturated carbocycles. The van der Waals surface area contributed by atoms with E-state index in [0.717, 1.165) is 40.8 Å². The molecule has 1 aliphatic heterocycles. The summed E-state index contributed by atoms with van der Waals surface area (Å²) >= 11 is 0. The molecule has 0 aliphatic carbocycles. The maximum Gasteiger partial charge on any atom is 0.264 e. The zero-order valence-electron chi connectivity index (χ0n) is 20.6. The Morgan fingerprint density at radius 1 is 1.00 bits per heavy atom. The number of anilines is 2.